The number of esters is 1. The molecule has 0 aromatic heterocycles. The Hall–Kier alpha value is -1.95. The molecule has 0 aromatic carbocycles. The first-order valence-electron chi connectivity index (χ1n) is 11.1. The third-order valence-corrected chi connectivity index (χ3v) is 7.98. The zero-order valence-corrected chi connectivity index (χ0v) is 18.3. The van der Waals surface area contributed by atoms with Crippen molar-refractivity contribution >= 4 is 17.7 Å². The fourth-order valence-corrected chi connectivity index (χ4v) is 6.41. The molecule has 0 saturated carbocycles. The van der Waals surface area contributed by atoms with Crippen LogP contribution >= 0.6 is 0 Å². The molecule has 3 fully saturated rings. The van der Waals surface area contributed by atoms with Crippen molar-refractivity contribution in [1.82, 2.24) is 0 Å². The van der Waals surface area contributed by atoms with Gasteiger partial charge in [-0.3, -0.25) is 9.59 Å². The fraction of sp³-hybridized carbons (Fsp3) is 0.708. The van der Waals surface area contributed by atoms with Gasteiger partial charge in [0.2, 0.25) is 0 Å². The highest BCUT2D eigenvalue weighted by atomic mass is 16.6. The number of ether oxygens (including phenoxy) is 2. The van der Waals surface area contributed by atoms with Crippen molar-refractivity contribution in [2.24, 2.45) is 29.1 Å². The third kappa shape index (κ3) is 2.83. The van der Waals surface area contributed by atoms with Gasteiger partial charge in [-0.1, -0.05) is 46.3 Å². The minimum atomic E-state index is -1.43. The summed E-state index contributed by atoms with van der Waals surface area (Å²) >= 11 is 0. The second-order valence-corrected chi connectivity index (χ2v) is 10.2. The van der Waals surface area contributed by atoms with Gasteiger partial charge < -0.3 is 14.6 Å². The number of carboxylic acids is 1. The molecule has 0 radical (unpaired) electrons. The number of carbonyl (C=O) groups excluding carboxylic acids is 2. The van der Waals surface area contributed by atoms with Gasteiger partial charge in [-0.05, 0) is 43.9 Å². The van der Waals surface area contributed by atoms with Crippen LogP contribution in [-0.4, -0.2) is 40.6 Å². The van der Waals surface area contributed by atoms with Crippen LogP contribution in [0.2, 0.25) is 0 Å². The molecular weight excluding hydrogens is 384 g/mol. The van der Waals surface area contributed by atoms with Gasteiger partial charge in [0.05, 0.1) is 6.10 Å². The maximum absolute atomic E-state index is 13.4. The first-order valence-corrected chi connectivity index (χ1v) is 11.1. The van der Waals surface area contributed by atoms with Crippen LogP contribution in [0.5, 0.6) is 0 Å². The fourth-order valence-electron chi connectivity index (χ4n) is 6.41. The minimum absolute atomic E-state index is 0.0939. The molecule has 8 atom stereocenters. The van der Waals surface area contributed by atoms with Crippen LogP contribution < -0.4 is 0 Å². The minimum Gasteiger partial charge on any atom is -0.478 e. The molecule has 0 amide bonds. The van der Waals surface area contributed by atoms with E-state index in [1.165, 1.54) is 0 Å². The van der Waals surface area contributed by atoms with E-state index in [0.717, 1.165) is 19.3 Å². The molecule has 2 bridgehead atoms. The number of hydrogen-bond donors (Lipinski definition) is 1. The van der Waals surface area contributed by atoms with Crippen LogP contribution in [0.25, 0.3) is 0 Å². The monoisotopic (exact) mass is 416 g/mol. The summed E-state index contributed by atoms with van der Waals surface area (Å²) in [6.07, 6.45) is 4.42. The Kier molecular flexibility index (Phi) is 5.00. The van der Waals surface area contributed by atoms with E-state index in [4.69, 9.17) is 9.47 Å². The highest BCUT2D eigenvalue weighted by Gasteiger charge is 2.72. The van der Waals surface area contributed by atoms with Gasteiger partial charge in [-0.15, -0.1) is 0 Å². The maximum atomic E-state index is 13.4. The van der Waals surface area contributed by atoms with Crippen molar-refractivity contribution in [2.75, 3.05) is 0 Å². The van der Waals surface area contributed by atoms with Crippen molar-refractivity contribution in [3.63, 3.8) is 0 Å². The van der Waals surface area contributed by atoms with Crippen molar-refractivity contribution in [3.05, 3.63) is 23.8 Å². The third-order valence-electron chi connectivity index (χ3n) is 7.98. The first-order chi connectivity index (χ1) is 14.0. The number of fused-ring (bicyclic) bond motifs is 1. The average Bonchev–Trinajstić information content (AvgIpc) is 2.86. The van der Waals surface area contributed by atoms with Gasteiger partial charge in [-0.2, -0.15) is 0 Å². The van der Waals surface area contributed by atoms with E-state index in [0.29, 0.717) is 29.9 Å². The summed E-state index contributed by atoms with van der Waals surface area (Å²) in [5.74, 6) is -1.86. The smallest absolute Gasteiger partial charge is 0.331 e. The zero-order valence-electron chi connectivity index (χ0n) is 18.3. The predicted octanol–water partition coefficient (Wildman–Crippen LogP) is 3.69. The summed E-state index contributed by atoms with van der Waals surface area (Å²) in [5.41, 5.74) is -1.75. The molecular formula is C24H32O6. The van der Waals surface area contributed by atoms with Gasteiger partial charge in [0.25, 0.3) is 0 Å². The topological polar surface area (TPSA) is 89.9 Å². The largest absolute Gasteiger partial charge is 0.478 e. The molecule has 1 aliphatic carbocycles. The van der Waals surface area contributed by atoms with Crippen LogP contribution in [0.4, 0.5) is 0 Å². The number of carboxylic acid groups (broad SMARTS) is 1. The number of ketones is 1. The molecule has 1 unspecified atom stereocenters. The highest BCUT2D eigenvalue weighted by molar-refractivity contribution is 6.14. The summed E-state index contributed by atoms with van der Waals surface area (Å²) in [6, 6.07) is 0. The highest BCUT2D eigenvalue weighted by Crippen LogP contribution is 2.58. The van der Waals surface area contributed by atoms with E-state index >= 15 is 0 Å². The van der Waals surface area contributed by atoms with Gasteiger partial charge in [0.1, 0.15) is 11.7 Å². The lowest BCUT2D eigenvalue weighted by Crippen LogP contribution is -2.61. The van der Waals surface area contributed by atoms with Crippen LogP contribution in [0.3, 0.4) is 0 Å². The Morgan fingerprint density at radius 2 is 1.93 bits per heavy atom. The van der Waals surface area contributed by atoms with Crippen molar-refractivity contribution in [1.29, 1.82) is 0 Å². The van der Waals surface area contributed by atoms with E-state index in [9.17, 15) is 19.5 Å². The number of carbonyl (C=O) groups is 3. The van der Waals surface area contributed by atoms with E-state index in [-0.39, 0.29) is 23.5 Å². The van der Waals surface area contributed by atoms with Crippen LogP contribution in [0, 0.1) is 29.1 Å². The molecule has 3 aliphatic heterocycles. The van der Waals surface area contributed by atoms with Crippen LogP contribution in [-0.2, 0) is 23.9 Å². The predicted molar refractivity (Wildman–Crippen MR) is 110 cm³/mol. The van der Waals surface area contributed by atoms with Crippen molar-refractivity contribution < 1.29 is 29.0 Å². The molecule has 4 rings (SSSR count). The summed E-state index contributed by atoms with van der Waals surface area (Å²) in [5, 5.41) is 9.70. The number of rotatable bonds is 1. The van der Waals surface area contributed by atoms with Gasteiger partial charge in [-0.25, -0.2) is 4.79 Å². The molecule has 1 spiro atoms. The quantitative estimate of drug-likeness (QED) is 0.398. The Bertz CT molecular complexity index is 843. The molecule has 3 saturated heterocycles. The van der Waals surface area contributed by atoms with Crippen LogP contribution in [0.15, 0.2) is 23.8 Å². The van der Waals surface area contributed by atoms with Crippen LogP contribution in [0.1, 0.15) is 59.8 Å². The summed E-state index contributed by atoms with van der Waals surface area (Å²) < 4.78 is 12.7. The summed E-state index contributed by atoms with van der Waals surface area (Å²) in [7, 11) is 0. The number of aliphatic carboxylic acids is 1. The Balaban J connectivity index is 1.88. The summed E-state index contributed by atoms with van der Waals surface area (Å²) in [4.78, 5) is 38.4. The van der Waals surface area contributed by atoms with E-state index in [1.54, 1.807) is 13.0 Å². The van der Waals surface area contributed by atoms with E-state index < -0.39 is 35.2 Å². The average molecular weight is 417 g/mol. The second-order valence-electron chi connectivity index (χ2n) is 10.2. The molecule has 3 heterocycles. The van der Waals surface area contributed by atoms with Gasteiger partial charge >= 0.3 is 11.9 Å². The standard InChI is InChI=1S/C24H32O6/c1-12-7-6-8-16-10-17(20(26)27)14(3)11-24(16)21-23(5,22(28)30-24)19(25)15(4)18(29-21)13(2)9-12/h10,12-14,16,18,21H,4,6-9,11H2,1-3,5H3,(H,26,27)/t12-,13-,14+,16+,18-,21?,23+,24+/m1/s1. The maximum Gasteiger partial charge on any atom is 0.331 e. The summed E-state index contributed by atoms with van der Waals surface area (Å²) in [6.45, 7) is 11.7. The molecule has 6 heteroatoms. The lowest BCUT2D eigenvalue weighted by molar-refractivity contribution is -0.176. The van der Waals surface area contributed by atoms with E-state index in [1.807, 2.05) is 6.92 Å². The lowest BCUT2D eigenvalue weighted by Gasteiger charge is -2.48. The molecule has 6 nitrogen and oxygen atoms in total. The lowest BCUT2D eigenvalue weighted by atomic mass is 9.61. The molecule has 0 aromatic rings. The Morgan fingerprint density at radius 3 is 2.60 bits per heavy atom. The van der Waals surface area contributed by atoms with E-state index in [2.05, 4.69) is 20.4 Å². The van der Waals surface area contributed by atoms with Crippen molar-refractivity contribution in [2.45, 2.75) is 77.6 Å². The second kappa shape index (κ2) is 7.04. The molecule has 30 heavy (non-hydrogen) atoms. The SMILES string of the molecule is C=C1C(=O)[C@]2(C)C(=O)O[C@@]34C[C@H](C)C(C(=O)O)=C[C@@H]3CCC[C@@H](C)C[C@@H](C)[C@H]1OC24. The van der Waals surface area contributed by atoms with Gasteiger partial charge in [0, 0.05) is 17.1 Å². The number of Topliss-reactive ketones (excluding diaryl/α,β-unsaturated/α-hetero) is 1. The molecule has 1 N–H and O–H groups in total. The molecule has 164 valence electrons. The van der Waals surface area contributed by atoms with Crippen molar-refractivity contribution in [3.8, 4) is 0 Å². The Labute approximate surface area is 177 Å². The molecule has 4 aliphatic rings. The number of hydrogen-bond acceptors (Lipinski definition) is 5. The zero-order chi connectivity index (χ0) is 22.0. The Morgan fingerprint density at radius 1 is 1.23 bits per heavy atom. The first kappa shape index (κ1) is 21.3. The normalized spacial score (nSPS) is 46.4. The van der Waals surface area contributed by atoms with Gasteiger partial charge in [0.15, 0.2) is 11.2 Å².